The Hall–Kier alpha value is -1.66. The Morgan fingerprint density at radius 1 is 0.307 bits per heavy atom. The predicted octanol–water partition coefficient (Wildman–Crippen LogP) is 26.8. The van der Waals surface area contributed by atoms with Gasteiger partial charge in [-0.1, -0.05) is 417 Å². The van der Waals surface area contributed by atoms with Crippen molar-refractivity contribution < 1.29 is 24.5 Å². The van der Waals surface area contributed by atoms with Gasteiger partial charge in [0.05, 0.1) is 25.4 Å². The number of esters is 1. The number of unbranched alkanes of at least 4 members (excludes halogenated alkanes) is 64. The van der Waals surface area contributed by atoms with E-state index < -0.39 is 12.1 Å². The van der Waals surface area contributed by atoms with E-state index in [1.165, 1.54) is 398 Å². The Labute approximate surface area is 551 Å². The Kier molecular flexibility index (Phi) is 76.3. The molecular weight excluding hydrogens is 1080 g/mol. The molecule has 0 aliphatic heterocycles. The summed E-state index contributed by atoms with van der Waals surface area (Å²) in [5.74, 6) is -0.0338. The number of nitrogens with one attached hydrogen (secondary N) is 1. The van der Waals surface area contributed by atoms with Crippen molar-refractivity contribution in [3.8, 4) is 0 Å². The van der Waals surface area contributed by atoms with Crippen LogP contribution in [0.5, 0.6) is 0 Å². The number of ether oxygens (including phenoxy) is 1. The summed E-state index contributed by atoms with van der Waals surface area (Å²) < 4.78 is 5.52. The van der Waals surface area contributed by atoms with Gasteiger partial charge in [0.15, 0.2) is 0 Å². The lowest BCUT2D eigenvalue weighted by molar-refractivity contribution is -0.143. The Bertz CT molecular complexity index is 1380. The molecule has 88 heavy (non-hydrogen) atoms. The van der Waals surface area contributed by atoms with Crippen molar-refractivity contribution >= 4 is 11.9 Å². The summed E-state index contributed by atoms with van der Waals surface area (Å²) in [5.41, 5.74) is 0. The second kappa shape index (κ2) is 77.8. The van der Waals surface area contributed by atoms with Crippen molar-refractivity contribution in [2.45, 2.75) is 475 Å². The number of carbonyl (C=O) groups excluding carboxylic acids is 2. The molecule has 0 fully saturated rings. The summed E-state index contributed by atoms with van der Waals surface area (Å²) in [6.45, 7) is 4.96. The van der Waals surface area contributed by atoms with Crippen LogP contribution in [0.1, 0.15) is 463 Å². The molecule has 0 aliphatic rings. The number of amides is 1. The first-order valence-electron chi connectivity index (χ1n) is 40.6. The summed E-state index contributed by atoms with van der Waals surface area (Å²) >= 11 is 0. The lowest BCUT2D eigenvalue weighted by Crippen LogP contribution is -2.45. The topological polar surface area (TPSA) is 95.9 Å². The summed E-state index contributed by atoms with van der Waals surface area (Å²) in [6, 6.07) is -0.625. The molecule has 0 spiro atoms. The van der Waals surface area contributed by atoms with Gasteiger partial charge in [0.1, 0.15) is 0 Å². The van der Waals surface area contributed by atoms with Gasteiger partial charge in [-0.25, -0.2) is 0 Å². The highest BCUT2D eigenvalue weighted by atomic mass is 16.5. The summed E-state index contributed by atoms with van der Waals surface area (Å²) in [6.07, 6.45) is 100. The molecule has 0 heterocycles. The van der Waals surface area contributed by atoms with Crippen LogP contribution in [0.15, 0.2) is 24.3 Å². The number of hydrogen-bond donors (Lipinski definition) is 3. The first-order valence-corrected chi connectivity index (χ1v) is 40.6. The molecular formula is C82H159NO5. The maximum absolute atomic E-state index is 12.5. The Morgan fingerprint density at radius 3 is 0.807 bits per heavy atom. The van der Waals surface area contributed by atoms with E-state index in [9.17, 15) is 19.8 Å². The molecule has 0 rings (SSSR count). The van der Waals surface area contributed by atoms with Crippen molar-refractivity contribution in [1.29, 1.82) is 0 Å². The minimum atomic E-state index is -0.841. The molecule has 0 radical (unpaired) electrons. The van der Waals surface area contributed by atoms with Gasteiger partial charge in [-0.3, -0.25) is 9.59 Å². The molecule has 0 saturated heterocycles. The van der Waals surface area contributed by atoms with Crippen molar-refractivity contribution in [1.82, 2.24) is 5.32 Å². The Balaban J connectivity index is 3.32. The normalized spacial score (nSPS) is 12.5. The smallest absolute Gasteiger partial charge is 0.305 e. The lowest BCUT2D eigenvalue weighted by atomic mass is 10.0. The minimum Gasteiger partial charge on any atom is -0.466 e. The van der Waals surface area contributed by atoms with Crippen LogP contribution in [0.25, 0.3) is 0 Å². The number of aliphatic hydroxyl groups is 2. The van der Waals surface area contributed by atoms with E-state index in [2.05, 4.69) is 31.3 Å². The molecule has 0 bridgehead atoms. The van der Waals surface area contributed by atoms with Gasteiger partial charge in [-0.15, -0.1) is 0 Å². The molecule has 3 N–H and O–H groups in total. The fourth-order valence-electron chi connectivity index (χ4n) is 13.0. The predicted molar refractivity (Wildman–Crippen MR) is 389 cm³/mol. The van der Waals surface area contributed by atoms with Gasteiger partial charge in [0.2, 0.25) is 5.91 Å². The van der Waals surface area contributed by atoms with Crippen LogP contribution in [0.3, 0.4) is 0 Å². The third-order valence-corrected chi connectivity index (χ3v) is 19.2. The van der Waals surface area contributed by atoms with E-state index in [1.54, 1.807) is 6.08 Å². The first kappa shape index (κ1) is 86.3. The van der Waals surface area contributed by atoms with Crippen molar-refractivity contribution in [2.75, 3.05) is 13.2 Å². The van der Waals surface area contributed by atoms with Crippen LogP contribution < -0.4 is 5.32 Å². The number of hydrogen-bond acceptors (Lipinski definition) is 5. The molecule has 0 aromatic rings. The number of carbonyl (C=O) groups is 2. The number of allylic oxidation sites excluding steroid dienone is 3. The van der Waals surface area contributed by atoms with Crippen molar-refractivity contribution in [3.05, 3.63) is 24.3 Å². The average Bonchev–Trinajstić information content (AvgIpc) is 3.58. The summed E-state index contributed by atoms with van der Waals surface area (Å²) in [7, 11) is 0. The molecule has 0 aliphatic carbocycles. The Morgan fingerprint density at radius 2 is 0.534 bits per heavy atom. The van der Waals surface area contributed by atoms with Crippen LogP contribution >= 0.6 is 0 Å². The molecule has 0 saturated carbocycles. The van der Waals surface area contributed by atoms with Gasteiger partial charge in [0, 0.05) is 12.8 Å². The van der Waals surface area contributed by atoms with Gasteiger partial charge in [-0.05, 0) is 57.8 Å². The fourth-order valence-corrected chi connectivity index (χ4v) is 13.0. The third-order valence-electron chi connectivity index (χ3n) is 19.2. The van der Waals surface area contributed by atoms with Crippen LogP contribution in [0, 0.1) is 0 Å². The molecule has 1 amide bonds. The highest BCUT2D eigenvalue weighted by Crippen LogP contribution is 2.20. The van der Waals surface area contributed by atoms with Crippen LogP contribution in [0.4, 0.5) is 0 Å². The summed E-state index contributed by atoms with van der Waals surface area (Å²) in [5, 5.41) is 23.2. The van der Waals surface area contributed by atoms with Crippen molar-refractivity contribution in [2.24, 2.45) is 0 Å². The monoisotopic (exact) mass is 1240 g/mol. The van der Waals surface area contributed by atoms with E-state index >= 15 is 0 Å². The van der Waals surface area contributed by atoms with Gasteiger partial charge >= 0.3 is 5.97 Å². The molecule has 0 aromatic heterocycles. The molecule has 2 atom stereocenters. The second-order valence-electron chi connectivity index (χ2n) is 28.1. The van der Waals surface area contributed by atoms with E-state index in [-0.39, 0.29) is 18.5 Å². The largest absolute Gasteiger partial charge is 0.466 e. The highest BCUT2D eigenvalue weighted by molar-refractivity contribution is 5.76. The average molecular weight is 1240 g/mol. The fraction of sp³-hybridized carbons (Fsp3) is 0.927. The van der Waals surface area contributed by atoms with Crippen LogP contribution in [-0.4, -0.2) is 47.4 Å². The highest BCUT2D eigenvalue weighted by Gasteiger charge is 2.18. The lowest BCUT2D eigenvalue weighted by Gasteiger charge is -2.20. The minimum absolute atomic E-state index is 0.0267. The SMILES string of the molecule is CCCCCCCCCCCCCCCC/C=C/C(O)C(CO)NC(=O)CCCCCCCCCCCCCCCCCCC/C=C\CCCCCCCCCCCCCCCCCCOC(=O)CCCCCCCCCCCCCCCCCCCC. The van der Waals surface area contributed by atoms with Gasteiger partial charge < -0.3 is 20.3 Å². The molecule has 2 unspecified atom stereocenters. The quantitative estimate of drug-likeness (QED) is 0.0320. The zero-order valence-corrected chi connectivity index (χ0v) is 60.0. The second-order valence-corrected chi connectivity index (χ2v) is 28.1. The third kappa shape index (κ3) is 73.4. The first-order chi connectivity index (χ1) is 43.5. The van der Waals surface area contributed by atoms with Crippen LogP contribution in [-0.2, 0) is 14.3 Å². The standard InChI is InChI=1S/C82H159NO5/c1-3-5-7-9-11-13-15-17-19-21-44-48-52-56-60-64-68-72-76-82(87)88-77-73-69-65-61-57-53-49-45-42-40-38-36-34-32-30-28-26-24-22-23-25-27-29-31-33-35-37-39-41-43-47-51-55-59-63-67-71-75-81(86)83-79(78-84)80(85)74-70-66-62-58-54-50-46-20-18-16-14-12-10-8-6-4-2/h22,24,70,74,79-80,84-85H,3-21,23,25-69,71-73,75-78H2,1-2H3,(H,83,86)/b24-22-,74-70+. The van der Waals surface area contributed by atoms with E-state index in [0.717, 1.165) is 38.5 Å². The van der Waals surface area contributed by atoms with E-state index in [0.29, 0.717) is 19.4 Å². The van der Waals surface area contributed by atoms with Gasteiger partial charge in [0.25, 0.3) is 0 Å². The zero-order valence-electron chi connectivity index (χ0n) is 60.0. The van der Waals surface area contributed by atoms with Crippen LogP contribution in [0.2, 0.25) is 0 Å². The summed E-state index contributed by atoms with van der Waals surface area (Å²) in [4.78, 5) is 24.6. The number of rotatable bonds is 77. The number of aliphatic hydroxyl groups excluding tert-OH is 2. The van der Waals surface area contributed by atoms with Gasteiger partial charge in [-0.2, -0.15) is 0 Å². The van der Waals surface area contributed by atoms with E-state index in [4.69, 9.17) is 4.74 Å². The van der Waals surface area contributed by atoms with E-state index in [1.807, 2.05) is 6.08 Å². The molecule has 0 aromatic carbocycles. The molecule has 6 nitrogen and oxygen atoms in total. The van der Waals surface area contributed by atoms with Crippen molar-refractivity contribution in [3.63, 3.8) is 0 Å². The maximum Gasteiger partial charge on any atom is 0.305 e. The molecule has 6 heteroatoms. The maximum atomic E-state index is 12.5. The zero-order chi connectivity index (χ0) is 63.5. The molecule has 522 valence electrons.